The fraction of sp³-hybridized carbons (Fsp3) is 0.382. The van der Waals surface area contributed by atoms with Crippen LogP contribution in [-0.4, -0.2) is 87.5 Å². The van der Waals surface area contributed by atoms with Crippen molar-refractivity contribution in [2.24, 2.45) is 5.73 Å². The van der Waals surface area contributed by atoms with Crippen molar-refractivity contribution in [1.29, 1.82) is 0 Å². The first-order chi connectivity index (χ1) is 22.8. The molecule has 2 fully saturated rings. The predicted octanol–water partition coefficient (Wildman–Crippen LogP) is 4.58. The molecule has 250 valence electrons. The minimum Gasteiger partial charge on any atom is -0.496 e. The molecule has 2 saturated heterocycles. The summed E-state index contributed by atoms with van der Waals surface area (Å²) in [6.45, 7) is 1.69. The number of fused-ring (bicyclic) bond motifs is 1. The number of carbonyl (C=O) groups is 3. The Morgan fingerprint density at radius 2 is 1.47 bits per heavy atom. The van der Waals surface area contributed by atoms with Crippen molar-refractivity contribution in [2.45, 2.75) is 44.2 Å². The van der Waals surface area contributed by atoms with E-state index in [1.54, 1.807) is 22.8 Å². The number of ether oxygens (including phenoxy) is 7. The zero-order chi connectivity index (χ0) is 33.5. The van der Waals surface area contributed by atoms with E-state index >= 15 is 0 Å². The second-order valence-corrected chi connectivity index (χ2v) is 11.1. The van der Waals surface area contributed by atoms with Gasteiger partial charge in [0.2, 0.25) is 0 Å². The fourth-order valence-electron chi connectivity index (χ4n) is 6.17. The van der Waals surface area contributed by atoms with Crippen molar-refractivity contribution < 1.29 is 47.5 Å². The Balaban J connectivity index is 1.52. The highest BCUT2D eigenvalue weighted by Crippen LogP contribution is 2.51. The molecule has 0 radical (unpaired) electrons. The Bertz CT molecular complexity index is 1550. The highest BCUT2D eigenvalue weighted by Gasteiger charge is 2.66. The van der Waals surface area contributed by atoms with Crippen LogP contribution >= 0.6 is 0 Å². The van der Waals surface area contributed by atoms with Crippen molar-refractivity contribution in [3.05, 3.63) is 89.0 Å². The second kappa shape index (κ2) is 14.9. The molecule has 3 aromatic carbocycles. The number of likely N-dealkylation sites (tertiary alicyclic amines) is 1. The van der Waals surface area contributed by atoms with Gasteiger partial charge in [-0.05, 0) is 24.1 Å². The monoisotopic (exact) mass is 649 g/mol. The van der Waals surface area contributed by atoms with Gasteiger partial charge in [0.25, 0.3) is 0 Å². The molecule has 13 nitrogen and oxygen atoms in total. The number of carbonyl (C=O) groups excluding carboxylic acids is 3. The van der Waals surface area contributed by atoms with Crippen molar-refractivity contribution in [1.82, 2.24) is 9.80 Å². The van der Waals surface area contributed by atoms with E-state index in [0.29, 0.717) is 28.4 Å². The number of nitrogens with zero attached hydrogens (tertiary/aromatic N) is 2. The van der Waals surface area contributed by atoms with Gasteiger partial charge in [-0.2, -0.15) is 0 Å². The summed E-state index contributed by atoms with van der Waals surface area (Å²) in [5, 5.41) is 0. The lowest BCUT2D eigenvalue weighted by atomic mass is 9.87. The number of methoxy groups -OCH3 is 3. The maximum Gasteiger partial charge on any atom is 0.410 e. The van der Waals surface area contributed by atoms with Gasteiger partial charge in [0.15, 0.2) is 18.3 Å². The number of nitrogens with two attached hydrogens (primary N) is 1. The SMILES string of the molecule is COCOc1c([C@@H](COC(N)=O)[C@H]2[C@@H]3[C@H](CN2C(=O)OCc2ccccc2)N3C(=O)OCc2ccccc2)cc(OC)c(C)c1OC. The van der Waals surface area contributed by atoms with Crippen LogP contribution in [0.15, 0.2) is 66.7 Å². The lowest BCUT2D eigenvalue weighted by Gasteiger charge is -2.35. The van der Waals surface area contributed by atoms with Crippen LogP contribution in [0.1, 0.15) is 28.2 Å². The number of amides is 3. The molecule has 47 heavy (non-hydrogen) atoms. The Morgan fingerprint density at radius 3 is 2.02 bits per heavy atom. The number of benzene rings is 3. The van der Waals surface area contributed by atoms with Gasteiger partial charge in [-0.3, -0.25) is 4.90 Å². The van der Waals surface area contributed by atoms with E-state index in [2.05, 4.69) is 0 Å². The number of hydrogen-bond acceptors (Lipinski definition) is 10. The molecule has 0 spiro atoms. The largest absolute Gasteiger partial charge is 0.496 e. The van der Waals surface area contributed by atoms with Crippen molar-refractivity contribution in [3.8, 4) is 17.2 Å². The van der Waals surface area contributed by atoms with E-state index in [9.17, 15) is 14.4 Å². The third-order valence-electron chi connectivity index (χ3n) is 8.36. The third-order valence-corrected chi connectivity index (χ3v) is 8.36. The molecule has 2 aliphatic rings. The molecular weight excluding hydrogens is 610 g/mol. The number of hydrogen-bond donors (Lipinski definition) is 1. The van der Waals surface area contributed by atoms with Gasteiger partial charge in [-0.1, -0.05) is 60.7 Å². The van der Waals surface area contributed by atoms with Crippen LogP contribution in [0.4, 0.5) is 14.4 Å². The minimum atomic E-state index is -1.01. The summed E-state index contributed by atoms with van der Waals surface area (Å²) in [5.41, 5.74) is 8.23. The minimum absolute atomic E-state index is 0.0396. The summed E-state index contributed by atoms with van der Waals surface area (Å²) in [7, 11) is 4.48. The summed E-state index contributed by atoms with van der Waals surface area (Å²) in [5.74, 6) is 0.339. The molecule has 5 rings (SSSR count). The maximum atomic E-state index is 13.7. The molecule has 13 heteroatoms. The van der Waals surface area contributed by atoms with Gasteiger partial charge in [0.1, 0.15) is 25.6 Å². The van der Waals surface area contributed by atoms with E-state index in [4.69, 9.17) is 38.9 Å². The Labute approximate surface area is 273 Å². The molecule has 3 amide bonds. The summed E-state index contributed by atoms with van der Waals surface area (Å²) in [6.07, 6.45) is -2.14. The predicted molar refractivity (Wildman–Crippen MR) is 168 cm³/mol. The third kappa shape index (κ3) is 7.30. The molecule has 2 heterocycles. The normalized spacial score (nSPS) is 18.5. The van der Waals surface area contributed by atoms with Crippen molar-refractivity contribution in [2.75, 3.05) is 41.3 Å². The van der Waals surface area contributed by atoms with Crippen LogP contribution < -0.4 is 19.9 Å². The molecule has 0 saturated carbocycles. The molecule has 2 N–H and O–H groups in total. The summed E-state index contributed by atoms with van der Waals surface area (Å²) >= 11 is 0. The van der Waals surface area contributed by atoms with Gasteiger partial charge in [0.05, 0.1) is 32.3 Å². The van der Waals surface area contributed by atoms with Crippen LogP contribution in [0.3, 0.4) is 0 Å². The van der Waals surface area contributed by atoms with E-state index in [1.165, 1.54) is 21.3 Å². The van der Waals surface area contributed by atoms with Crippen LogP contribution in [0, 0.1) is 6.92 Å². The van der Waals surface area contributed by atoms with Crippen molar-refractivity contribution in [3.63, 3.8) is 0 Å². The summed E-state index contributed by atoms with van der Waals surface area (Å²) < 4.78 is 39.4. The topological polar surface area (TPSA) is 148 Å². The van der Waals surface area contributed by atoms with Crippen LogP contribution in [0.5, 0.6) is 17.2 Å². The first-order valence-corrected chi connectivity index (χ1v) is 15.0. The molecule has 0 aromatic heterocycles. The molecule has 3 aromatic rings. The number of piperazine rings is 1. The zero-order valence-corrected chi connectivity index (χ0v) is 26.8. The summed E-state index contributed by atoms with van der Waals surface area (Å²) in [6, 6.07) is 18.7. The first-order valence-electron chi connectivity index (χ1n) is 15.0. The zero-order valence-electron chi connectivity index (χ0n) is 26.8. The molecule has 2 aliphatic heterocycles. The van der Waals surface area contributed by atoms with Crippen LogP contribution in [-0.2, 0) is 32.2 Å². The van der Waals surface area contributed by atoms with Gasteiger partial charge >= 0.3 is 18.3 Å². The standard InChI is InChI=1S/C34H39N3O10/c1-21-27(42-3)15-24(31(30(21)43-4)47-20-41-2)25(19-44-32(35)38)28-29-26(37(29)34(40)46-18-23-13-9-6-10-14-23)16-36(28)33(39)45-17-22-11-7-5-8-12-22/h5-15,25-26,28-29H,16-20H2,1-4H3,(H2,35,38)/t25-,26+,28+,29+,37?/m1/s1. The Hall–Kier alpha value is -5.17. The van der Waals surface area contributed by atoms with Crippen LogP contribution in [0.25, 0.3) is 0 Å². The Morgan fingerprint density at radius 1 is 0.851 bits per heavy atom. The lowest BCUT2D eigenvalue weighted by Crippen LogP contribution is -2.48. The second-order valence-electron chi connectivity index (χ2n) is 11.1. The number of rotatable bonds is 13. The van der Waals surface area contributed by atoms with Gasteiger partial charge in [0, 0.05) is 30.7 Å². The molecule has 0 bridgehead atoms. The van der Waals surface area contributed by atoms with Gasteiger partial charge in [-0.15, -0.1) is 0 Å². The molecule has 0 aliphatic carbocycles. The highest BCUT2D eigenvalue weighted by molar-refractivity contribution is 5.76. The van der Waals surface area contributed by atoms with Gasteiger partial charge < -0.3 is 43.8 Å². The quantitative estimate of drug-likeness (QED) is 0.158. The number of primary amides is 1. The smallest absolute Gasteiger partial charge is 0.410 e. The molecule has 4 atom stereocenters. The Kier molecular flexibility index (Phi) is 10.6. The molecule has 0 unspecified atom stereocenters. The fourth-order valence-corrected chi connectivity index (χ4v) is 6.17. The lowest BCUT2D eigenvalue weighted by molar-refractivity contribution is 0.0443. The summed E-state index contributed by atoms with van der Waals surface area (Å²) in [4.78, 5) is 42.2. The van der Waals surface area contributed by atoms with Crippen LogP contribution in [0.2, 0.25) is 0 Å². The van der Waals surface area contributed by atoms with E-state index in [-0.39, 0.29) is 39.2 Å². The first kappa shape index (κ1) is 33.2. The van der Waals surface area contributed by atoms with E-state index in [1.807, 2.05) is 60.7 Å². The van der Waals surface area contributed by atoms with Gasteiger partial charge in [-0.25, -0.2) is 14.4 Å². The maximum absolute atomic E-state index is 13.7. The van der Waals surface area contributed by atoms with E-state index in [0.717, 1.165) is 11.1 Å². The van der Waals surface area contributed by atoms with E-state index < -0.39 is 36.3 Å². The average molecular weight is 650 g/mol. The highest BCUT2D eigenvalue weighted by atomic mass is 16.7. The van der Waals surface area contributed by atoms with Crippen molar-refractivity contribution >= 4 is 18.3 Å². The average Bonchev–Trinajstić information content (AvgIpc) is 3.67. The molecular formula is C34H39N3O10.